The second kappa shape index (κ2) is 5.69. The third-order valence-electron chi connectivity index (χ3n) is 3.53. The van der Waals surface area contributed by atoms with Gasteiger partial charge in [-0.3, -0.25) is 0 Å². The summed E-state index contributed by atoms with van der Waals surface area (Å²) in [5.74, 6) is 0. The Labute approximate surface area is 120 Å². The molecule has 0 atom stereocenters. The van der Waals surface area contributed by atoms with E-state index in [1.165, 1.54) is 12.8 Å². The van der Waals surface area contributed by atoms with Crippen LogP contribution in [0, 0.1) is 0 Å². The summed E-state index contributed by atoms with van der Waals surface area (Å²) >= 11 is 0. The lowest BCUT2D eigenvalue weighted by molar-refractivity contribution is -0.181. The maximum absolute atomic E-state index is 12.1. The second-order valence-corrected chi connectivity index (χ2v) is 5.39. The van der Waals surface area contributed by atoms with Gasteiger partial charge in [-0.2, -0.15) is 13.2 Å². The molecule has 0 aliphatic heterocycles. The smallest absolute Gasteiger partial charge is 0.351 e. The Bertz CT molecular complexity index is 617. The molecule has 114 valence electrons. The number of fused-ring (bicyclic) bond motifs is 1. The number of rotatable bonds is 6. The Morgan fingerprint density at radius 1 is 1.24 bits per heavy atom. The van der Waals surface area contributed by atoms with Gasteiger partial charge in [-0.05, 0) is 29.9 Å². The van der Waals surface area contributed by atoms with E-state index in [0.717, 1.165) is 23.0 Å². The molecule has 1 heterocycles. The van der Waals surface area contributed by atoms with Gasteiger partial charge in [-0.25, -0.2) is 0 Å². The van der Waals surface area contributed by atoms with Crippen LogP contribution in [0.25, 0.3) is 10.9 Å². The number of para-hydroxylation sites is 1. The molecule has 1 aromatic heterocycles. The van der Waals surface area contributed by atoms with Gasteiger partial charge < -0.3 is 14.6 Å². The Kier molecular flexibility index (Phi) is 3.91. The molecule has 1 N–H and O–H groups in total. The van der Waals surface area contributed by atoms with Gasteiger partial charge in [0.25, 0.3) is 0 Å². The summed E-state index contributed by atoms with van der Waals surface area (Å²) in [6, 6.07) is 8.40. The van der Waals surface area contributed by atoms with E-state index in [4.69, 9.17) is 4.74 Å². The van der Waals surface area contributed by atoms with Crippen LogP contribution in [0.5, 0.6) is 0 Å². The molecule has 1 aliphatic rings. The lowest BCUT2D eigenvalue weighted by Gasteiger charge is -2.12. The number of hydrogen-bond donors (Lipinski definition) is 1. The molecule has 1 aromatic carbocycles. The molecule has 1 aliphatic carbocycles. The highest BCUT2D eigenvalue weighted by Gasteiger charge is 2.27. The Hall–Kier alpha value is -1.53. The molecular formula is C15H17F3N2O. The minimum Gasteiger partial charge on any atom is -0.351 e. The van der Waals surface area contributed by atoms with Crippen molar-refractivity contribution in [3.05, 3.63) is 36.0 Å². The van der Waals surface area contributed by atoms with Crippen LogP contribution in [0.1, 0.15) is 18.4 Å². The Balaban J connectivity index is 1.74. The average Bonchev–Trinajstić information content (AvgIpc) is 3.16. The van der Waals surface area contributed by atoms with Gasteiger partial charge in [0.05, 0.1) is 5.52 Å². The van der Waals surface area contributed by atoms with Crippen molar-refractivity contribution in [1.29, 1.82) is 0 Å². The first-order valence-corrected chi connectivity index (χ1v) is 6.97. The number of benzene rings is 1. The number of halogens is 3. The predicted octanol–water partition coefficient (Wildman–Crippen LogP) is 3.43. The molecular weight excluding hydrogens is 281 g/mol. The van der Waals surface area contributed by atoms with Gasteiger partial charge in [-0.1, -0.05) is 18.2 Å². The maximum atomic E-state index is 12.1. The van der Waals surface area contributed by atoms with Crippen molar-refractivity contribution >= 4 is 10.9 Å². The minimum atomic E-state index is -4.29. The summed E-state index contributed by atoms with van der Waals surface area (Å²) in [6.07, 6.45) is -0.127. The highest BCUT2D eigenvalue weighted by Crippen LogP contribution is 2.24. The van der Waals surface area contributed by atoms with Crippen LogP contribution < -0.4 is 5.32 Å². The number of alkyl halides is 3. The molecule has 0 spiro atoms. The summed E-state index contributed by atoms with van der Waals surface area (Å²) in [7, 11) is 0. The summed E-state index contributed by atoms with van der Waals surface area (Å²) in [6.45, 7) is -0.593. The summed E-state index contributed by atoms with van der Waals surface area (Å²) in [5, 5.41) is 4.44. The monoisotopic (exact) mass is 298 g/mol. The predicted molar refractivity (Wildman–Crippen MR) is 73.8 cm³/mol. The fourth-order valence-electron chi connectivity index (χ4n) is 2.39. The molecule has 0 unspecified atom stereocenters. The van der Waals surface area contributed by atoms with E-state index in [1.54, 1.807) is 10.8 Å². The van der Waals surface area contributed by atoms with Gasteiger partial charge in [0, 0.05) is 18.8 Å². The van der Waals surface area contributed by atoms with Crippen LogP contribution in [0.15, 0.2) is 30.5 Å². The van der Waals surface area contributed by atoms with Crippen molar-refractivity contribution in [1.82, 2.24) is 9.88 Å². The zero-order chi connectivity index (χ0) is 14.9. The Morgan fingerprint density at radius 2 is 2.05 bits per heavy atom. The quantitative estimate of drug-likeness (QED) is 0.884. The summed E-state index contributed by atoms with van der Waals surface area (Å²) in [5.41, 5.74) is 2.02. The number of hydrogen-bond acceptors (Lipinski definition) is 2. The number of ether oxygens (including phenoxy) is 1. The van der Waals surface area contributed by atoms with Gasteiger partial charge in [0.2, 0.25) is 0 Å². The van der Waals surface area contributed by atoms with E-state index in [9.17, 15) is 13.2 Å². The fourth-order valence-corrected chi connectivity index (χ4v) is 2.39. The molecule has 6 heteroatoms. The molecule has 3 nitrogen and oxygen atoms in total. The van der Waals surface area contributed by atoms with E-state index in [0.29, 0.717) is 6.04 Å². The van der Waals surface area contributed by atoms with E-state index in [1.807, 2.05) is 24.3 Å². The van der Waals surface area contributed by atoms with Crippen molar-refractivity contribution in [2.75, 3.05) is 6.61 Å². The number of nitrogens with one attached hydrogen (secondary N) is 1. The molecule has 0 bridgehead atoms. The van der Waals surface area contributed by atoms with Crippen LogP contribution in [0.4, 0.5) is 13.2 Å². The van der Waals surface area contributed by atoms with Crippen molar-refractivity contribution in [2.45, 2.75) is 38.3 Å². The van der Waals surface area contributed by atoms with Crippen LogP contribution in [-0.2, 0) is 18.0 Å². The third-order valence-corrected chi connectivity index (χ3v) is 3.53. The number of aromatic nitrogens is 1. The lowest BCUT2D eigenvalue weighted by atomic mass is 10.1. The normalized spacial score (nSPS) is 15.8. The zero-order valence-electron chi connectivity index (χ0n) is 11.5. The van der Waals surface area contributed by atoms with Gasteiger partial charge in [-0.15, -0.1) is 0 Å². The first-order valence-electron chi connectivity index (χ1n) is 6.97. The van der Waals surface area contributed by atoms with Crippen molar-refractivity contribution < 1.29 is 17.9 Å². The molecule has 0 amide bonds. The minimum absolute atomic E-state index is 0.0938. The first kappa shape index (κ1) is 14.4. The van der Waals surface area contributed by atoms with E-state index in [-0.39, 0.29) is 6.73 Å². The molecule has 21 heavy (non-hydrogen) atoms. The molecule has 2 aromatic rings. The number of nitrogens with zero attached hydrogens (tertiary/aromatic N) is 1. The van der Waals surface area contributed by atoms with Crippen LogP contribution in [0.2, 0.25) is 0 Å². The molecule has 3 rings (SSSR count). The highest BCUT2D eigenvalue weighted by atomic mass is 19.4. The largest absolute Gasteiger partial charge is 0.411 e. The fraction of sp³-hybridized carbons (Fsp3) is 0.467. The molecule has 1 saturated carbocycles. The summed E-state index contributed by atoms with van der Waals surface area (Å²) in [4.78, 5) is 0. The van der Waals surface area contributed by atoms with Gasteiger partial charge >= 0.3 is 6.18 Å². The van der Waals surface area contributed by atoms with E-state index in [2.05, 4.69) is 5.32 Å². The second-order valence-electron chi connectivity index (χ2n) is 5.39. The van der Waals surface area contributed by atoms with Gasteiger partial charge in [0.1, 0.15) is 13.3 Å². The lowest BCUT2D eigenvalue weighted by Crippen LogP contribution is -2.19. The van der Waals surface area contributed by atoms with Crippen molar-refractivity contribution in [2.24, 2.45) is 0 Å². The SMILES string of the molecule is FC(F)(F)COCn1ccc2cccc(CNC3CC3)c21. The first-order chi connectivity index (χ1) is 10.0. The Morgan fingerprint density at radius 3 is 2.76 bits per heavy atom. The zero-order valence-corrected chi connectivity index (χ0v) is 11.5. The highest BCUT2D eigenvalue weighted by molar-refractivity contribution is 5.83. The van der Waals surface area contributed by atoms with Crippen molar-refractivity contribution in [3.63, 3.8) is 0 Å². The van der Waals surface area contributed by atoms with Crippen LogP contribution >= 0.6 is 0 Å². The van der Waals surface area contributed by atoms with Gasteiger partial charge in [0.15, 0.2) is 0 Å². The van der Waals surface area contributed by atoms with E-state index < -0.39 is 12.8 Å². The molecule has 0 radical (unpaired) electrons. The maximum Gasteiger partial charge on any atom is 0.411 e. The van der Waals surface area contributed by atoms with Crippen molar-refractivity contribution in [3.8, 4) is 0 Å². The standard InChI is InChI=1S/C15H17F3N2O/c16-15(17,18)9-21-10-20-7-6-11-2-1-3-12(14(11)20)8-19-13-4-5-13/h1-3,6-7,13,19H,4-5,8-10H2. The molecule has 0 saturated heterocycles. The van der Waals surface area contributed by atoms with Crippen LogP contribution in [-0.4, -0.2) is 23.4 Å². The van der Waals surface area contributed by atoms with E-state index >= 15 is 0 Å². The summed E-state index contributed by atoms with van der Waals surface area (Å²) < 4.78 is 42.9. The topological polar surface area (TPSA) is 26.2 Å². The molecule has 1 fully saturated rings. The third kappa shape index (κ3) is 3.77. The average molecular weight is 298 g/mol. The van der Waals surface area contributed by atoms with Crippen LogP contribution in [0.3, 0.4) is 0 Å².